The summed E-state index contributed by atoms with van der Waals surface area (Å²) in [5.74, 6) is 0. The summed E-state index contributed by atoms with van der Waals surface area (Å²) in [4.78, 5) is 22.8. The van der Waals surface area contributed by atoms with Gasteiger partial charge in [0.15, 0.2) is 25.7 Å². The minimum atomic E-state index is -2.13. The Kier molecular flexibility index (Phi) is 5.30. The zero-order valence-electron chi connectivity index (χ0n) is 16.6. The van der Waals surface area contributed by atoms with Gasteiger partial charge in [0.2, 0.25) is 0 Å². The number of methoxy groups -OCH3 is 1. The van der Waals surface area contributed by atoms with Crippen LogP contribution in [0.3, 0.4) is 0 Å². The van der Waals surface area contributed by atoms with E-state index in [9.17, 15) is 9.90 Å². The zero-order valence-corrected chi connectivity index (χ0v) is 17.6. The van der Waals surface area contributed by atoms with Gasteiger partial charge in [-0.2, -0.15) is 0 Å². The fraction of sp³-hybridized carbons (Fsp3) is 0.706. The standard InChI is InChI=1S/C17H28N4O5Si/c1-17(2,3)27(5,6)26-12-10(7-22)25-16(13(12)24-4)21-9-20-11-14(21)18-8-19-15(11)23/h8-10,12-13,16,22H,7H2,1-6H3,(H,18,19,23)/t10-,12-,13-,16-/m1/s1. The van der Waals surface area contributed by atoms with E-state index in [1.54, 1.807) is 11.7 Å². The van der Waals surface area contributed by atoms with Crippen LogP contribution in [0.15, 0.2) is 17.4 Å². The zero-order chi connectivity index (χ0) is 20.0. The van der Waals surface area contributed by atoms with Gasteiger partial charge >= 0.3 is 0 Å². The van der Waals surface area contributed by atoms with E-state index >= 15 is 0 Å². The number of aromatic amines is 1. The van der Waals surface area contributed by atoms with E-state index in [1.165, 1.54) is 12.7 Å². The molecule has 0 unspecified atom stereocenters. The lowest BCUT2D eigenvalue weighted by Gasteiger charge is -2.40. The topological polar surface area (TPSA) is 111 Å². The van der Waals surface area contributed by atoms with E-state index in [2.05, 4.69) is 48.8 Å². The molecule has 2 aromatic rings. The average molecular weight is 397 g/mol. The molecule has 2 N–H and O–H groups in total. The van der Waals surface area contributed by atoms with Crippen molar-refractivity contribution in [2.75, 3.05) is 13.7 Å². The van der Waals surface area contributed by atoms with Gasteiger partial charge < -0.3 is 24.0 Å². The number of imidazole rings is 1. The number of hydrogen-bond acceptors (Lipinski definition) is 7. The molecule has 27 heavy (non-hydrogen) atoms. The number of H-pyrrole nitrogens is 1. The monoisotopic (exact) mass is 396 g/mol. The highest BCUT2D eigenvalue weighted by atomic mass is 28.4. The van der Waals surface area contributed by atoms with Crippen LogP contribution in [0.1, 0.15) is 27.0 Å². The van der Waals surface area contributed by atoms with Crippen LogP contribution < -0.4 is 5.56 Å². The number of aromatic nitrogens is 4. The first kappa shape index (κ1) is 20.1. The molecule has 2 aromatic heterocycles. The van der Waals surface area contributed by atoms with E-state index in [1.807, 2.05) is 0 Å². The Hall–Kier alpha value is -1.59. The fourth-order valence-electron chi connectivity index (χ4n) is 3.04. The molecular formula is C17H28N4O5Si. The Balaban J connectivity index is 1.98. The Labute approximate surface area is 158 Å². The van der Waals surface area contributed by atoms with Gasteiger partial charge in [0.25, 0.3) is 5.56 Å². The molecule has 1 aliphatic rings. The molecular weight excluding hydrogens is 368 g/mol. The Morgan fingerprint density at radius 3 is 2.63 bits per heavy atom. The van der Waals surface area contributed by atoms with Gasteiger partial charge in [-0.1, -0.05) is 20.8 Å². The van der Waals surface area contributed by atoms with E-state index in [-0.39, 0.29) is 22.7 Å². The quantitative estimate of drug-likeness (QED) is 0.735. The molecule has 0 aliphatic carbocycles. The van der Waals surface area contributed by atoms with Gasteiger partial charge in [-0.3, -0.25) is 9.36 Å². The lowest BCUT2D eigenvalue weighted by Crippen LogP contribution is -2.50. The third-order valence-corrected chi connectivity index (χ3v) is 10.1. The van der Waals surface area contributed by atoms with Crippen LogP contribution >= 0.6 is 0 Å². The van der Waals surface area contributed by atoms with Crippen LogP contribution in [-0.2, 0) is 13.9 Å². The van der Waals surface area contributed by atoms with Crippen LogP contribution in [0.25, 0.3) is 11.2 Å². The number of rotatable bonds is 5. The van der Waals surface area contributed by atoms with Crippen LogP contribution in [0.5, 0.6) is 0 Å². The molecule has 0 amide bonds. The Bertz CT molecular complexity index is 859. The van der Waals surface area contributed by atoms with Crippen LogP contribution in [0, 0.1) is 0 Å². The van der Waals surface area contributed by atoms with Crippen molar-refractivity contribution in [3.8, 4) is 0 Å². The highest BCUT2D eigenvalue weighted by Crippen LogP contribution is 2.42. The molecule has 3 rings (SSSR count). The van der Waals surface area contributed by atoms with Crippen molar-refractivity contribution in [1.82, 2.24) is 19.5 Å². The van der Waals surface area contributed by atoms with Crippen LogP contribution in [-0.4, -0.2) is 65.0 Å². The van der Waals surface area contributed by atoms with Crippen LogP contribution in [0.4, 0.5) is 0 Å². The normalized spacial score (nSPS) is 26.8. The molecule has 150 valence electrons. The third-order valence-electron chi connectivity index (χ3n) is 5.61. The smallest absolute Gasteiger partial charge is 0.278 e. The second-order valence-corrected chi connectivity index (χ2v) is 13.1. The number of aliphatic hydroxyl groups is 1. The first-order chi connectivity index (χ1) is 12.6. The van der Waals surface area contributed by atoms with Crippen molar-refractivity contribution in [2.45, 2.75) is 63.4 Å². The SMILES string of the molecule is CO[C@@H]1[C@H](O[Si](C)(C)C(C)(C)C)[C@@H](CO)O[C@H]1n1cnc2c(=O)[nH]cnc21. The van der Waals surface area contributed by atoms with Gasteiger partial charge in [0.1, 0.15) is 18.3 Å². The summed E-state index contributed by atoms with van der Waals surface area (Å²) in [6.45, 7) is 10.6. The lowest BCUT2D eigenvalue weighted by molar-refractivity contribution is -0.0583. The lowest BCUT2D eigenvalue weighted by atomic mass is 10.1. The van der Waals surface area contributed by atoms with Crippen molar-refractivity contribution in [3.05, 3.63) is 23.0 Å². The Morgan fingerprint density at radius 1 is 1.33 bits per heavy atom. The molecule has 4 atom stereocenters. The number of ether oxygens (including phenoxy) is 2. The van der Waals surface area contributed by atoms with Crippen molar-refractivity contribution < 1.29 is 19.0 Å². The summed E-state index contributed by atoms with van der Waals surface area (Å²) >= 11 is 0. The van der Waals surface area contributed by atoms with E-state index in [4.69, 9.17) is 13.9 Å². The van der Waals surface area contributed by atoms with Gasteiger partial charge in [0, 0.05) is 7.11 Å². The van der Waals surface area contributed by atoms with Gasteiger partial charge in [-0.05, 0) is 18.1 Å². The number of nitrogens with one attached hydrogen (secondary N) is 1. The molecule has 1 fully saturated rings. The molecule has 0 saturated carbocycles. The number of fused-ring (bicyclic) bond motifs is 1. The maximum Gasteiger partial charge on any atom is 0.278 e. The third kappa shape index (κ3) is 3.47. The van der Waals surface area contributed by atoms with Crippen LogP contribution in [0.2, 0.25) is 18.1 Å². The number of aliphatic hydroxyl groups excluding tert-OH is 1. The second-order valence-electron chi connectivity index (χ2n) is 8.35. The molecule has 9 nitrogen and oxygen atoms in total. The van der Waals surface area contributed by atoms with E-state index < -0.39 is 32.9 Å². The van der Waals surface area contributed by atoms with Gasteiger partial charge in [0.05, 0.1) is 19.3 Å². The second kappa shape index (κ2) is 7.10. The summed E-state index contributed by atoms with van der Waals surface area (Å²) in [5, 5.41) is 9.88. The molecule has 1 aliphatic heterocycles. The van der Waals surface area contributed by atoms with Gasteiger partial charge in [-0.15, -0.1) is 0 Å². The number of hydrogen-bond donors (Lipinski definition) is 2. The van der Waals surface area contributed by atoms with Crippen molar-refractivity contribution in [3.63, 3.8) is 0 Å². The van der Waals surface area contributed by atoms with E-state index in [0.717, 1.165) is 0 Å². The maximum absolute atomic E-state index is 11.9. The summed E-state index contributed by atoms with van der Waals surface area (Å²) < 4.78 is 20.0. The summed E-state index contributed by atoms with van der Waals surface area (Å²) in [5.41, 5.74) is 0.305. The first-order valence-electron chi connectivity index (χ1n) is 8.98. The average Bonchev–Trinajstić information content (AvgIpc) is 3.15. The molecule has 0 spiro atoms. The molecule has 10 heteroatoms. The van der Waals surface area contributed by atoms with Crippen molar-refractivity contribution in [2.24, 2.45) is 0 Å². The first-order valence-corrected chi connectivity index (χ1v) is 11.9. The highest BCUT2D eigenvalue weighted by molar-refractivity contribution is 6.74. The summed E-state index contributed by atoms with van der Waals surface area (Å²) in [7, 11) is -0.544. The predicted octanol–water partition coefficient (Wildman–Crippen LogP) is 1.41. The minimum Gasteiger partial charge on any atom is -0.408 e. The van der Waals surface area contributed by atoms with Gasteiger partial charge in [-0.25, -0.2) is 9.97 Å². The maximum atomic E-state index is 11.9. The molecule has 0 bridgehead atoms. The number of nitrogens with zero attached hydrogens (tertiary/aromatic N) is 3. The highest BCUT2D eigenvalue weighted by Gasteiger charge is 2.51. The summed E-state index contributed by atoms with van der Waals surface area (Å²) in [6, 6.07) is 0. The Morgan fingerprint density at radius 2 is 2.04 bits per heavy atom. The predicted molar refractivity (Wildman–Crippen MR) is 102 cm³/mol. The molecule has 0 aromatic carbocycles. The summed E-state index contributed by atoms with van der Waals surface area (Å²) in [6.07, 6.45) is 0.759. The molecule has 0 radical (unpaired) electrons. The fourth-order valence-corrected chi connectivity index (χ4v) is 4.36. The minimum absolute atomic E-state index is 0.0000640. The molecule has 3 heterocycles. The van der Waals surface area contributed by atoms with Crippen molar-refractivity contribution in [1.29, 1.82) is 0 Å². The molecule has 1 saturated heterocycles. The van der Waals surface area contributed by atoms with E-state index in [0.29, 0.717) is 5.65 Å². The van der Waals surface area contributed by atoms with Crippen molar-refractivity contribution >= 4 is 19.5 Å². The largest absolute Gasteiger partial charge is 0.408 e.